The van der Waals surface area contributed by atoms with E-state index < -0.39 is 11.6 Å². The molecule has 2 aromatic rings. The van der Waals surface area contributed by atoms with E-state index in [2.05, 4.69) is 10.4 Å². The maximum Gasteiger partial charge on any atom is 0.146 e. The number of halogens is 2. The second-order valence-electron chi connectivity index (χ2n) is 3.68. The van der Waals surface area contributed by atoms with Gasteiger partial charge in [-0.3, -0.25) is 4.68 Å². The van der Waals surface area contributed by atoms with Gasteiger partial charge in [0.2, 0.25) is 0 Å². The minimum atomic E-state index is -0.464. The number of hydrogen-bond donors (Lipinski definition) is 1. The topological polar surface area (TPSA) is 29.9 Å². The average molecular weight is 237 g/mol. The van der Waals surface area contributed by atoms with Crippen LogP contribution in [0.3, 0.4) is 0 Å². The molecule has 0 radical (unpaired) electrons. The van der Waals surface area contributed by atoms with Crippen LogP contribution in [0.1, 0.15) is 12.5 Å². The average Bonchev–Trinajstić information content (AvgIpc) is 2.78. The van der Waals surface area contributed by atoms with E-state index in [1.165, 1.54) is 0 Å². The first-order valence-corrected chi connectivity index (χ1v) is 5.39. The number of hydrogen-bond acceptors (Lipinski definition) is 2. The van der Waals surface area contributed by atoms with Gasteiger partial charge in [-0.2, -0.15) is 5.10 Å². The van der Waals surface area contributed by atoms with Crippen molar-refractivity contribution in [1.82, 2.24) is 9.78 Å². The highest BCUT2D eigenvalue weighted by Gasteiger charge is 2.04. The van der Waals surface area contributed by atoms with E-state index in [0.29, 0.717) is 6.54 Å². The van der Waals surface area contributed by atoms with Gasteiger partial charge in [0.15, 0.2) is 0 Å². The Hall–Kier alpha value is -1.91. The van der Waals surface area contributed by atoms with Crippen molar-refractivity contribution >= 4 is 5.69 Å². The van der Waals surface area contributed by atoms with E-state index in [9.17, 15) is 8.78 Å². The third-order valence-electron chi connectivity index (χ3n) is 2.42. The van der Waals surface area contributed by atoms with Crippen molar-refractivity contribution in [1.29, 1.82) is 0 Å². The van der Waals surface area contributed by atoms with Crippen molar-refractivity contribution in [3.63, 3.8) is 0 Å². The predicted molar refractivity (Wildman–Crippen MR) is 61.6 cm³/mol. The molecule has 1 aromatic carbocycles. The molecule has 0 saturated carbocycles. The van der Waals surface area contributed by atoms with Crippen LogP contribution in [0.5, 0.6) is 0 Å². The first-order chi connectivity index (χ1) is 8.19. The van der Waals surface area contributed by atoms with Crippen LogP contribution < -0.4 is 5.32 Å². The molecule has 5 heteroatoms. The third-order valence-corrected chi connectivity index (χ3v) is 2.42. The normalized spacial score (nSPS) is 10.5. The van der Waals surface area contributed by atoms with Crippen LogP contribution in [0.4, 0.5) is 14.5 Å². The maximum atomic E-state index is 13.3. The van der Waals surface area contributed by atoms with Gasteiger partial charge in [-0.05, 0) is 25.1 Å². The number of nitrogens with zero attached hydrogens (tertiary/aromatic N) is 2. The number of anilines is 1. The van der Waals surface area contributed by atoms with Crippen molar-refractivity contribution < 1.29 is 8.78 Å². The Morgan fingerprint density at radius 3 is 2.88 bits per heavy atom. The number of aromatic nitrogens is 2. The van der Waals surface area contributed by atoms with Crippen molar-refractivity contribution in [2.75, 3.05) is 5.32 Å². The van der Waals surface area contributed by atoms with Gasteiger partial charge in [0.05, 0.1) is 11.9 Å². The molecular formula is C12H13F2N3. The van der Waals surface area contributed by atoms with Crippen molar-refractivity contribution in [2.45, 2.75) is 20.0 Å². The highest BCUT2D eigenvalue weighted by molar-refractivity contribution is 5.45. The lowest BCUT2D eigenvalue weighted by Crippen LogP contribution is -2.01. The molecule has 0 unspecified atom stereocenters. The van der Waals surface area contributed by atoms with E-state index in [1.54, 1.807) is 10.9 Å². The zero-order chi connectivity index (χ0) is 12.3. The van der Waals surface area contributed by atoms with Crippen LogP contribution in [-0.4, -0.2) is 9.78 Å². The van der Waals surface area contributed by atoms with Crippen molar-refractivity contribution in [3.8, 4) is 0 Å². The van der Waals surface area contributed by atoms with Gasteiger partial charge in [-0.1, -0.05) is 0 Å². The molecule has 90 valence electrons. The Bertz CT molecular complexity index is 508. The quantitative estimate of drug-likeness (QED) is 0.886. The molecule has 0 saturated heterocycles. The van der Waals surface area contributed by atoms with Crippen molar-refractivity contribution in [3.05, 3.63) is 47.8 Å². The lowest BCUT2D eigenvalue weighted by atomic mass is 10.2. The fourth-order valence-corrected chi connectivity index (χ4v) is 1.50. The van der Waals surface area contributed by atoms with E-state index in [0.717, 1.165) is 30.3 Å². The SMILES string of the molecule is CCn1cc(CNc2cc(F)ccc2F)cn1. The van der Waals surface area contributed by atoms with E-state index in [1.807, 2.05) is 13.1 Å². The van der Waals surface area contributed by atoms with Crippen LogP contribution in [0.25, 0.3) is 0 Å². The zero-order valence-electron chi connectivity index (χ0n) is 9.45. The van der Waals surface area contributed by atoms with Crippen LogP contribution in [0, 0.1) is 11.6 Å². The van der Waals surface area contributed by atoms with Crippen LogP contribution in [-0.2, 0) is 13.1 Å². The number of aryl methyl sites for hydroxylation is 1. The summed E-state index contributed by atoms with van der Waals surface area (Å²) in [5.74, 6) is -0.924. The molecule has 0 bridgehead atoms. The minimum Gasteiger partial charge on any atom is -0.378 e. The molecule has 0 fully saturated rings. The summed E-state index contributed by atoms with van der Waals surface area (Å²) in [6, 6.07) is 3.34. The summed E-state index contributed by atoms with van der Waals surface area (Å²) in [6.45, 7) is 3.19. The zero-order valence-corrected chi connectivity index (χ0v) is 9.45. The Kier molecular flexibility index (Phi) is 3.37. The molecular weight excluding hydrogens is 224 g/mol. The summed E-state index contributed by atoms with van der Waals surface area (Å²) in [7, 11) is 0. The van der Waals surface area contributed by atoms with Gasteiger partial charge in [-0.25, -0.2) is 8.78 Å². The van der Waals surface area contributed by atoms with Gasteiger partial charge >= 0.3 is 0 Å². The Morgan fingerprint density at radius 1 is 1.35 bits per heavy atom. The second-order valence-corrected chi connectivity index (χ2v) is 3.68. The lowest BCUT2D eigenvalue weighted by Gasteiger charge is -2.05. The van der Waals surface area contributed by atoms with Gasteiger partial charge in [-0.15, -0.1) is 0 Å². The van der Waals surface area contributed by atoms with E-state index >= 15 is 0 Å². The highest BCUT2D eigenvalue weighted by Crippen LogP contribution is 2.16. The molecule has 0 atom stereocenters. The van der Waals surface area contributed by atoms with Crippen molar-refractivity contribution in [2.24, 2.45) is 0 Å². The van der Waals surface area contributed by atoms with Gasteiger partial charge in [0.1, 0.15) is 11.6 Å². The first-order valence-electron chi connectivity index (χ1n) is 5.39. The minimum absolute atomic E-state index is 0.161. The Morgan fingerprint density at radius 2 is 2.18 bits per heavy atom. The molecule has 1 aromatic heterocycles. The van der Waals surface area contributed by atoms with Crippen LogP contribution in [0.15, 0.2) is 30.6 Å². The molecule has 0 spiro atoms. The van der Waals surface area contributed by atoms with Gasteiger partial charge < -0.3 is 5.32 Å². The van der Waals surface area contributed by atoms with Crippen LogP contribution >= 0.6 is 0 Å². The molecule has 1 N–H and O–H groups in total. The monoisotopic (exact) mass is 237 g/mol. The van der Waals surface area contributed by atoms with E-state index in [-0.39, 0.29) is 5.69 Å². The number of rotatable bonds is 4. The fourth-order valence-electron chi connectivity index (χ4n) is 1.50. The maximum absolute atomic E-state index is 13.3. The number of nitrogens with one attached hydrogen (secondary N) is 1. The molecule has 3 nitrogen and oxygen atoms in total. The molecule has 0 amide bonds. The first kappa shape index (κ1) is 11.6. The van der Waals surface area contributed by atoms with Gasteiger partial charge in [0.25, 0.3) is 0 Å². The standard InChI is InChI=1S/C12H13F2N3/c1-2-17-8-9(7-16-17)6-15-12-5-10(13)3-4-11(12)14/h3-5,7-8,15H,2,6H2,1H3. The summed E-state index contributed by atoms with van der Waals surface area (Å²) in [6.07, 6.45) is 3.57. The predicted octanol–water partition coefficient (Wildman–Crippen LogP) is 2.79. The molecule has 17 heavy (non-hydrogen) atoms. The molecule has 2 rings (SSSR count). The second kappa shape index (κ2) is 4.95. The highest BCUT2D eigenvalue weighted by atomic mass is 19.1. The summed E-state index contributed by atoms with van der Waals surface area (Å²) < 4.78 is 28.0. The lowest BCUT2D eigenvalue weighted by molar-refractivity contribution is 0.602. The van der Waals surface area contributed by atoms with Crippen LogP contribution in [0.2, 0.25) is 0 Å². The Labute approximate surface area is 98.1 Å². The summed E-state index contributed by atoms with van der Waals surface area (Å²) in [4.78, 5) is 0. The fraction of sp³-hybridized carbons (Fsp3) is 0.250. The summed E-state index contributed by atoms with van der Waals surface area (Å²) >= 11 is 0. The largest absolute Gasteiger partial charge is 0.378 e. The molecule has 1 heterocycles. The van der Waals surface area contributed by atoms with Gasteiger partial charge in [0, 0.05) is 24.8 Å². The smallest absolute Gasteiger partial charge is 0.146 e. The molecule has 0 aliphatic heterocycles. The third kappa shape index (κ3) is 2.81. The summed E-state index contributed by atoms with van der Waals surface area (Å²) in [5.41, 5.74) is 1.09. The number of benzene rings is 1. The Balaban J connectivity index is 2.04. The molecule has 0 aliphatic carbocycles. The van der Waals surface area contributed by atoms with E-state index in [4.69, 9.17) is 0 Å². The molecule has 0 aliphatic rings. The summed E-state index contributed by atoms with van der Waals surface area (Å²) in [5, 5.41) is 6.93.